The predicted octanol–water partition coefficient (Wildman–Crippen LogP) is 5.49. The summed E-state index contributed by atoms with van der Waals surface area (Å²) >= 11 is 0. The lowest BCUT2D eigenvalue weighted by Gasteiger charge is -2.34. The van der Waals surface area contributed by atoms with Crippen molar-refractivity contribution in [2.45, 2.75) is 59.7 Å². The maximum absolute atomic E-state index is 14.0. The van der Waals surface area contributed by atoms with Crippen molar-refractivity contribution in [2.24, 2.45) is 11.8 Å². The van der Waals surface area contributed by atoms with Crippen molar-refractivity contribution < 1.29 is 53.8 Å². The molecule has 0 aromatic heterocycles. The zero-order valence-electron chi connectivity index (χ0n) is 22.5. The van der Waals surface area contributed by atoms with Crippen LogP contribution in [0.2, 0.25) is 0 Å². The molecule has 1 saturated carbocycles. The molecule has 42 heavy (non-hydrogen) atoms. The Morgan fingerprint density at radius 3 is 2.00 bits per heavy atom. The molecule has 0 radical (unpaired) electrons. The normalized spacial score (nSPS) is 24.2. The Bertz CT molecular complexity index is 1360. The molecule has 1 aliphatic carbocycles. The molecule has 2 aliphatic rings. The lowest BCUT2D eigenvalue weighted by atomic mass is 9.81. The molecule has 0 spiro atoms. The van der Waals surface area contributed by atoms with Gasteiger partial charge < -0.3 is 14.7 Å². The number of methoxy groups -OCH3 is 1. The summed E-state index contributed by atoms with van der Waals surface area (Å²) in [7, 11) is -2.89. The zero-order valence-corrected chi connectivity index (χ0v) is 23.3. The molecule has 1 heterocycles. The first-order valence-corrected chi connectivity index (χ1v) is 14.7. The van der Waals surface area contributed by atoms with E-state index < -0.39 is 50.5 Å². The fraction of sp³-hybridized carbons (Fsp3) is 0.536. The van der Waals surface area contributed by atoms with E-state index in [1.54, 1.807) is 7.11 Å². The number of sulfone groups is 1. The molecule has 1 saturated heterocycles. The van der Waals surface area contributed by atoms with Crippen molar-refractivity contribution >= 4 is 15.7 Å². The van der Waals surface area contributed by atoms with Crippen LogP contribution in [0.4, 0.5) is 30.7 Å². The minimum absolute atomic E-state index is 0.0337. The second-order valence-corrected chi connectivity index (χ2v) is 13.2. The van der Waals surface area contributed by atoms with Crippen molar-refractivity contribution in [1.82, 2.24) is 4.90 Å². The number of aliphatic hydroxyl groups is 1. The number of nitrogens with zero attached hydrogens (tertiary/aromatic N) is 1. The summed E-state index contributed by atoms with van der Waals surface area (Å²) in [6.45, 7) is 0.108. The van der Waals surface area contributed by atoms with Crippen LogP contribution in [-0.2, 0) is 29.7 Å². The lowest BCUT2D eigenvalue weighted by molar-refractivity contribution is -0.376. The highest BCUT2D eigenvalue weighted by molar-refractivity contribution is 7.92. The average molecular weight is 626 g/mol. The van der Waals surface area contributed by atoms with Gasteiger partial charge >= 0.3 is 12.4 Å². The largest absolute Gasteiger partial charge is 0.430 e. The first-order valence-electron chi connectivity index (χ1n) is 13.2. The molecule has 1 amide bonds. The summed E-state index contributed by atoms with van der Waals surface area (Å²) < 4.78 is 126. The van der Waals surface area contributed by atoms with Gasteiger partial charge in [-0.05, 0) is 67.9 Å². The Labute approximate surface area is 238 Å². The van der Waals surface area contributed by atoms with E-state index in [9.17, 15) is 49.1 Å². The van der Waals surface area contributed by atoms with E-state index in [1.165, 1.54) is 4.90 Å². The monoisotopic (exact) mass is 625 g/mol. The number of hydrogen-bond acceptors (Lipinski definition) is 5. The van der Waals surface area contributed by atoms with Crippen LogP contribution in [0.15, 0.2) is 53.4 Å². The van der Waals surface area contributed by atoms with E-state index >= 15 is 0 Å². The molecule has 0 unspecified atom stereocenters. The van der Waals surface area contributed by atoms with Crippen molar-refractivity contribution in [3.63, 3.8) is 0 Å². The molecule has 0 bridgehead atoms. The maximum Gasteiger partial charge on any atom is 0.430 e. The van der Waals surface area contributed by atoms with Crippen LogP contribution in [0.5, 0.6) is 0 Å². The van der Waals surface area contributed by atoms with E-state index in [-0.39, 0.29) is 35.2 Å². The number of carbonyl (C=O) groups is 1. The molecule has 2 aromatic carbocycles. The molecular weight excluding hydrogens is 595 g/mol. The molecule has 6 nitrogen and oxygen atoms in total. The van der Waals surface area contributed by atoms with Crippen molar-refractivity contribution in [2.75, 3.05) is 26.8 Å². The third-order valence-electron chi connectivity index (χ3n) is 8.43. The van der Waals surface area contributed by atoms with Crippen molar-refractivity contribution in [1.29, 1.82) is 0 Å². The van der Waals surface area contributed by atoms with E-state index in [2.05, 4.69) is 0 Å². The number of ether oxygens (including phenoxy) is 1. The van der Waals surface area contributed by atoms with Crippen LogP contribution in [0.25, 0.3) is 0 Å². The topological polar surface area (TPSA) is 83.9 Å². The van der Waals surface area contributed by atoms with E-state index in [0.717, 1.165) is 49.2 Å². The van der Waals surface area contributed by atoms with Gasteiger partial charge in [-0.3, -0.25) is 4.79 Å². The van der Waals surface area contributed by atoms with Gasteiger partial charge in [0.05, 0.1) is 4.90 Å². The molecule has 1 aliphatic heterocycles. The Hall–Kier alpha value is -2.71. The summed E-state index contributed by atoms with van der Waals surface area (Å²) in [5.74, 6) is -1.10. The Balaban J connectivity index is 1.73. The van der Waals surface area contributed by atoms with Crippen LogP contribution < -0.4 is 0 Å². The maximum atomic E-state index is 14.0. The highest BCUT2D eigenvalue weighted by Crippen LogP contribution is 2.51. The smallest absolute Gasteiger partial charge is 0.384 e. The van der Waals surface area contributed by atoms with Gasteiger partial charge in [-0.1, -0.05) is 24.3 Å². The lowest BCUT2D eigenvalue weighted by Crippen LogP contribution is -2.54. The van der Waals surface area contributed by atoms with Crippen LogP contribution in [0, 0.1) is 17.7 Å². The number of rotatable bonds is 7. The summed E-state index contributed by atoms with van der Waals surface area (Å²) in [4.78, 5) is 14.5. The minimum atomic E-state index is -6.12. The fourth-order valence-corrected chi connectivity index (χ4v) is 8.07. The number of amides is 1. The molecule has 4 rings (SSSR count). The second-order valence-electron chi connectivity index (χ2n) is 10.9. The van der Waals surface area contributed by atoms with Gasteiger partial charge in [0.15, 0.2) is 9.84 Å². The standard InChI is InChI=1S/C28H30F7NO5S/c1-41-16-18-2-4-19(5-3-18)24(37)36-15-14-25(17-36,42(39,40)23-12-10-22(29)11-13-23)20-6-8-21(9-7-20)26(38,27(30,31)32)28(33,34)35/h6-13,18-19,38H,2-5,14-17H2,1H3/t18-,19-,25-/m0/s1. The number of halogens is 7. The highest BCUT2D eigenvalue weighted by Gasteiger charge is 2.71. The zero-order chi connectivity index (χ0) is 31.1. The fourth-order valence-electron chi connectivity index (χ4n) is 5.99. The first kappa shape index (κ1) is 32.2. The van der Waals surface area contributed by atoms with Gasteiger partial charge in [0, 0.05) is 38.3 Å². The third kappa shape index (κ3) is 5.52. The molecule has 1 atom stereocenters. The summed E-state index contributed by atoms with van der Waals surface area (Å²) in [6, 6.07) is 6.20. The van der Waals surface area contributed by atoms with Crippen LogP contribution in [-0.4, -0.2) is 63.5 Å². The first-order chi connectivity index (χ1) is 19.5. The van der Waals surface area contributed by atoms with E-state index in [0.29, 0.717) is 37.5 Å². The second kappa shape index (κ2) is 11.4. The van der Waals surface area contributed by atoms with Crippen molar-refractivity contribution in [3.8, 4) is 0 Å². The van der Waals surface area contributed by atoms with Crippen LogP contribution >= 0.6 is 0 Å². The summed E-state index contributed by atoms with van der Waals surface area (Å²) in [5.41, 5.74) is -6.90. The number of carbonyl (C=O) groups excluding carboxylic acids is 1. The summed E-state index contributed by atoms with van der Waals surface area (Å²) in [5, 5.41) is 9.79. The molecule has 2 aromatic rings. The quantitative estimate of drug-likeness (QED) is 0.325. The van der Waals surface area contributed by atoms with Gasteiger partial charge in [0.2, 0.25) is 5.91 Å². The predicted molar refractivity (Wildman–Crippen MR) is 136 cm³/mol. The van der Waals surface area contributed by atoms with Gasteiger partial charge in [0.1, 0.15) is 10.6 Å². The minimum Gasteiger partial charge on any atom is -0.384 e. The summed E-state index contributed by atoms with van der Waals surface area (Å²) in [6.07, 6.45) is -9.86. The van der Waals surface area contributed by atoms with Gasteiger partial charge in [-0.2, -0.15) is 26.3 Å². The number of benzene rings is 2. The van der Waals surface area contributed by atoms with Crippen LogP contribution in [0.3, 0.4) is 0 Å². The number of hydrogen-bond donors (Lipinski definition) is 1. The number of likely N-dealkylation sites (tertiary alicyclic amines) is 1. The van der Waals surface area contributed by atoms with Gasteiger partial charge in [-0.25, -0.2) is 12.8 Å². The van der Waals surface area contributed by atoms with Gasteiger partial charge in [-0.15, -0.1) is 0 Å². The van der Waals surface area contributed by atoms with E-state index in [1.807, 2.05) is 0 Å². The Morgan fingerprint density at radius 1 is 0.952 bits per heavy atom. The number of alkyl halides is 6. The molecule has 232 valence electrons. The van der Waals surface area contributed by atoms with Crippen molar-refractivity contribution in [3.05, 3.63) is 65.5 Å². The molecular formula is C28H30F7NO5S. The third-order valence-corrected chi connectivity index (χ3v) is 10.9. The van der Waals surface area contributed by atoms with E-state index in [4.69, 9.17) is 4.74 Å². The van der Waals surface area contributed by atoms with Crippen LogP contribution in [0.1, 0.15) is 43.2 Å². The Morgan fingerprint density at radius 2 is 1.50 bits per heavy atom. The highest BCUT2D eigenvalue weighted by atomic mass is 32.2. The molecule has 2 fully saturated rings. The average Bonchev–Trinajstić information content (AvgIpc) is 3.39. The SMILES string of the molecule is COC[C@H]1CC[C@H](C(=O)N2CC[C@](c3ccc(C(O)(C(F)(F)F)C(F)(F)F)cc3)(S(=O)(=O)c3ccc(F)cc3)C2)CC1. The van der Waals surface area contributed by atoms with Gasteiger partial charge in [0.25, 0.3) is 5.60 Å². The molecule has 14 heteroatoms. The molecule has 1 N–H and O–H groups in total. The Kier molecular flexibility index (Phi) is 8.76.